The molecule has 0 bridgehead atoms. The normalized spacial score (nSPS) is 12.5. The van der Waals surface area contributed by atoms with Crippen LogP contribution >= 0.6 is 0 Å². The highest BCUT2D eigenvalue weighted by molar-refractivity contribution is 5.74. The average Bonchev–Trinajstić information content (AvgIpc) is 3.03. The van der Waals surface area contributed by atoms with Crippen molar-refractivity contribution in [3.05, 3.63) is 51.9 Å². The van der Waals surface area contributed by atoms with Crippen molar-refractivity contribution in [1.82, 2.24) is 19.7 Å². The molecule has 7 heteroatoms. The van der Waals surface area contributed by atoms with Crippen LogP contribution in [0.3, 0.4) is 0 Å². The molecule has 0 atom stereocenters. The SMILES string of the molecule is CC(C)(C)OCc1cccc(CNc2nc3c(cnn3C(C)(C)C)c(=O)[nH]2)c1. The van der Waals surface area contributed by atoms with Crippen molar-refractivity contribution in [2.45, 2.75) is 65.8 Å². The van der Waals surface area contributed by atoms with Crippen molar-refractivity contribution < 1.29 is 4.74 Å². The molecular weight excluding hydrogens is 354 g/mol. The van der Waals surface area contributed by atoms with E-state index in [1.54, 1.807) is 10.9 Å². The van der Waals surface area contributed by atoms with E-state index in [1.165, 1.54) is 0 Å². The van der Waals surface area contributed by atoms with Gasteiger partial charge in [0.25, 0.3) is 5.56 Å². The second-order valence-electron chi connectivity index (χ2n) is 8.95. The molecule has 2 aromatic heterocycles. The smallest absolute Gasteiger partial charge is 0.263 e. The van der Waals surface area contributed by atoms with Gasteiger partial charge in [-0.25, -0.2) is 4.68 Å². The fourth-order valence-corrected chi connectivity index (χ4v) is 2.81. The van der Waals surface area contributed by atoms with Crippen molar-refractivity contribution in [2.75, 3.05) is 5.32 Å². The van der Waals surface area contributed by atoms with Gasteiger partial charge in [0.05, 0.1) is 23.9 Å². The van der Waals surface area contributed by atoms with Crippen LogP contribution in [0.5, 0.6) is 0 Å². The Kier molecular flexibility index (Phi) is 5.30. The van der Waals surface area contributed by atoms with Gasteiger partial charge in [-0.3, -0.25) is 9.78 Å². The highest BCUT2D eigenvalue weighted by atomic mass is 16.5. The van der Waals surface area contributed by atoms with E-state index < -0.39 is 0 Å². The Balaban J connectivity index is 1.78. The van der Waals surface area contributed by atoms with Gasteiger partial charge in [-0.05, 0) is 52.7 Å². The van der Waals surface area contributed by atoms with E-state index in [1.807, 2.05) is 59.7 Å². The monoisotopic (exact) mass is 383 g/mol. The summed E-state index contributed by atoms with van der Waals surface area (Å²) in [5.74, 6) is 0.430. The van der Waals surface area contributed by atoms with Crippen LogP contribution < -0.4 is 10.9 Å². The van der Waals surface area contributed by atoms with E-state index in [9.17, 15) is 4.79 Å². The minimum atomic E-state index is -0.263. The van der Waals surface area contributed by atoms with Crippen LogP contribution in [0.2, 0.25) is 0 Å². The molecule has 0 unspecified atom stereocenters. The Morgan fingerprint density at radius 2 is 1.86 bits per heavy atom. The summed E-state index contributed by atoms with van der Waals surface area (Å²) in [6, 6.07) is 8.17. The lowest BCUT2D eigenvalue weighted by Crippen LogP contribution is -2.24. The number of nitrogens with one attached hydrogen (secondary N) is 2. The third-order valence-electron chi connectivity index (χ3n) is 4.20. The lowest BCUT2D eigenvalue weighted by Gasteiger charge is -2.20. The second-order valence-corrected chi connectivity index (χ2v) is 8.95. The third-order valence-corrected chi connectivity index (χ3v) is 4.20. The minimum Gasteiger partial charge on any atom is -0.371 e. The molecule has 0 saturated heterocycles. The summed E-state index contributed by atoms with van der Waals surface area (Å²) in [6.07, 6.45) is 1.56. The summed E-state index contributed by atoms with van der Waals surface area (Å²) in [7, 11) is 0. The fourth-order valence-electron chi connectivity index (χ4n) is 2.81. The quantitative estimate of drug-likeness (QED) is 0.700. The Hall–Kier alpha value is -2.67. The molecule has 1 aromatic carbocycles. The average molecular weight is 383 g/mol. The number of anilines is 1. The van der Waals surface area contributed by atoms with Crippen molar-refractivity contribution >= 4 is 17.0 Å². The van der Waals surface area contributed by atoms with Crippen LogP contribution in [0.1, 0.15) is 52.7 Å². The van der Waals surface area contributed by atoms with Gasteiger partial charge >= 0.3 is 0 Å². The standard InChI is InChI=1S/C21H29N5O2/c1-20(2,3)26-17-16(12-23-26)18(27)25-19(24-17)22-11-14-8-7-9-15(10-14)13-28-21(4,5)6/h7-10,12H,11,13H2,1-6H3,(H2,22,24,25,27). The zero-order valence-corrected chi connectivity index (χ0v) is 17.5. The van der Waals surface area contributed by atoms with Gasteiger partial charge in [0.15, 0.2) is 5.65 Å². The molecule has 0 fully saturated rings. The number of aromatic nitrogens is 4. The Morgan fingerprint density at radius 3 is 2.54 bits per heavy atom. The number of fused-ring (bicyclic) bond motifs is 1. The number of rotatable bonds is 5. The Morgan fingerprint density at radius 1 is 1.14 bits per heavy atom. The first-order valence-corrected chi connectivity index (χ1v) is 9.47. The summed E-state index contributed by atoms with van der Waals surface area (Å²) in [5.41, 5.74) is 2.13. The molecule has 0 aliphatic heterocycles. The molecule has 2 N–H and O–H groups in total. The highest BCUT2D eigenvalue weighted by Crippen LogP contribution is 2.19. The summed E-state index contributed by atoms with van der Waals surface area (Å²) < 4.78 is 7.61. The predicted octanol–water partition coefficient (Wildman–Crippen LogP) is 3.80. The number of hydrogen-bond acceptors (Lipinski definition) is 5. The van der Waals surface area contributed by atoms with Gasteiger partial charge < -0.3 is 10.1 Å². The van der Waals surface area contributed by atoms with Gasteiger partial charge in [0.2, 0.25) is 5.95 Å². The molecule has 0 radical (unpaired) electrons. The molecule has 7 nitrogen and oxygen atoms in total. The van der Waals surface area contributed by atoms with Crippen LogP contribution in [0.4, 0.5) is 5.95 Å². The Bertz CT molecular complexity index is 1020. The zero-order valence-electron chi connectivity index (χ0n) is 17.5. The van der Waals surface area contributed by atoms with Gasteiger partial charge in [-0.15, -0.1) is 0 Å². The van der Waals surface area contributed by atoms with Gasteiger partial charge in [-0.1, -0.05) is 24.3 Å². The number of aromatic amines is 1. The third kappa shape index (κ3) is 4.78. The number of hydrogen-bond donors (Lipinski definition) is 2. The summed E-state index contributed by atoms with van der Waals surface area (Å²) in [5, 5.41) is 8.03. The van der Waals surface area contributed by atoms with E-state index in [0.717, 1.165) is 11.1 Å². The number of ether oxygens (including phenoxy) is 1. The van der Waals surface area contributed by atoms with Crippen LogP contribution in [-0.4, -0.2) is 25.3 Å². The van der Waals surface area contributed by atoms with E-state index in [0.29, 0.717) is 30.1 Å². The predicted molar refractivity (Wildman–Crippen MR) is 111 cm³/mol. The van der Waals surface area contributed by atoms with E-state index in [2.05, 4.69) is 26.4 Å². The largest absolute Gasteiger partial charge is 0.371 e. The number of benzene rings is 1. The molecule has 2 heterocycles. The fraction of sp³-hybridized carbons (Fsp3) is 0.476. The first-order chi connectivity index (χ1) is 13.0. The highest BCUT2D eigenvalue weighted by Gasteiger charge is 2.19. The van der Waals surface area contributed by atoms with Gasteiger partial charge in [0.1, 0.15) is 5.39 Å². The van der Waals surface area contributed by atoms with E-state index >= 15 is 0 Å². The molecule has 0 spiro atoms. The van der Waals surface area contributed by atoms with Crippen LogP contribution in [0.15, 0.2) is 35.3 Å². The van der Waals surface area contributed by atoms with Crippen molar-refractivity contribution in [2.24, 2.45) is 0 Å². The summed E-state index contributed by atoms with van der Waals surface area (Å²) in [4.78, 5) is 19.7. The maximum Gasteiger partial charge on any atom is 0.263 e. The lowest BCUT2D eigenvalue weighted by molar-refractivity contribution is -0.0149. The first-order valence-electron chi connectivity index (χ1n) is 9.47. The van der Waals surface area contributed by atoms with Crippen molar-refractivity contribution in [1.29, 1.82) is 0 Å². The number of H-pyrrole nitrogens is 1. The number of nitrogens with zero attached hydrogens (tertiary/aromatic N) is 3. The first kappa shape index (κ1) is 20.1. The maximum atomic E-state index is 12.4. The van der Waals surface area contributed by atoms with Gasteiger partial charge in [0, 0.05) is 6.54 Å². The maximum absolute atomic E-state index is 12.4. The molecule has 150 valence electrons. The zero-order chi connectivity index (χ0) is 20.5. The molecule has 0 saturated carbocycles. The second kappa shape index (κ2) is 7.39. The van der Waals surface area contributed by atoms with E-state index in [4.69, 9.17) is 4.74 Å². The molecule has 28 heavy (non-hydrogen) atoms. The van der Waals surface area contributed by atoms with Crippen LogP contribution in [-0.2, 0) is 23.4 Å². The molecule has 0 aliphatic rings. The molecule has 3 aromatic rings. The Labute approximate surface area is 165 Å². The summed E-state index contributed by atoms with van der Waals surface area (Å²) >= 11 is 0. The topological polar surface area (TPSA) is 84.8 Å². The van der Waals surface area contributed by atoms with Crippen LogP contribution in [0.25, 0.3) is 11.0 Å². The lowest BCUT2D eigenvalue weighted by atomic mass is 10.1. The summed E-state index contributed by atoms with van der Waals surface area (Å²) in [6.45, 7) is 13.3. The van der Waals surface area contributed by atoms with Crippen molar-refractivity contribution in [3.63, 3.8) is 0 Å². The molecule has 0 amide bonds. The minimum absolute atomic E-state index is 0.178. The van der Waals surface area contributed by atoms with Gasteiger partial charge in [-0.2, -0.15) is 10.1 Å². The molecular formula is C21H29N5O2. The van der Waals surface area contributed by atoms with Crippen LogP contribution in [0, 0.1) is 0 Å². The van der Waals surface area contributed by atoms with E-state index in [-0.39, 0.29) is 16.7 Å². The molecule has 0 aliphatic carbocycles. The molecule has 3 rings (SSSR count). The van der Waals surface area contributed by atoms with Crippen molar-refractivity contribution in [3.8, 4) is 0 Å².